The van der Waals surface area contributed by atoms with Crippen molar-refractivity contribution in [3.05, 3.63) is 28.0 Å². The van der Waals surface area contributed by atoms with E-state index in [2.05, 4.69) is 17.6 Å². The standard InChI is InChI=1S/C6H4N2OS/c7-3-4-1-2-5(9)8-6(4)10/h1-2H,(H2,8,9,10). The van der Waals surface area contributed by atoms with E-state index in [-0.39, 0.29) is 5.56 Å². The molecule has 0 radical (unpaired) electrons. The highest BCUT2D eigenvalue weighted by Crippen LogP contribution is 2.04. The van der Waals surface area contributed by atoms with Crippen molar-refractivity contribution < 1.29 is 0 Å². The lowest BCUT2D eigenvalue weighted by molar-refractivity contribution is 1.07. The van der Waals surface area contributed by atoms with E-state index in [0.29, 0.717) is 10.6 Å². The smallest absolute Gasteiger partial charge is 0.248 e. The molecule has 1 rings (SSSR count). The fourth-order valence-electron chi connectivity index (χ4n) is 0.554. The van der Waals surface area contributed by atoms with E-state index in [1.54, 1.807) is 0 Å². The van der Waals surface area contributed by atoms with Crippen LogP contribution in [0.4, 0.5) is 0 Å². The molecule has 0 saturated carbocycles. The molecule has 0 aromatic carbocycles. The summed E-state index contributed by atoms with van der Waals surface area (Å²) in [6.45, 7) is 0. The summed E-state index contributed by atoms with van der Waals surface area (Å²) in [6, 6.07) is 4.60. The minimum absolute atomic E-state index is 0.246. The Morgan fingerprint density at radius 2 is 2.30 bits per heavy atom. The first-order chi connectivity index (χ1) is 4.74. The van der Waals surface area contributed by atoms with Crippen molar-refractivity contribution in [1.82, 2.24) is 4.98 Å². The van der Waals surface area contributed by atoms with E-state index in [1.807, 2.05) is 6.07 Å². The number of thiol groups is 1. The summed E-state index contributed by atoms with van der Waals surface area (Å²) in [7, 11) is 0. The first-order valence-corrected chi connectivity index (χ1v) is 3.01. The minimum Gasteiger partial charge on any atom is -0.316 e. The number of nitrogens with one attached hydrogen (secondary N) is 1. The largest absolute Gasteiger partial charge is 0.316 e. The average Bonchev–Trinajstić information content (AvgIpc) is 1.88. The minimum atomic E-state index is -0.246. The molecular weight excluding hydrogens is 148 g/mol. The first-order valence-electron chi connectivity index (χ1n) is 2.56. The van der Waals surface area contributed by atoms with Crippen LogP contribution in [0.5, 0.6) is 0 Å². The Kier molecular flexibility index (Phi) is 1.78. The van der Waals surface area contributed by atoms with Crippen molar-refractivity contribution in [2.75, 3.05) is 0 Å². The summed E-state index contributed by atoms with van der Waals surface area (Å²) < 4.78 is 0. The normalized spacial score (nSPS) is 8.80. The van der Waals surface area contributed by atoms with Crippen LogP contribution in [0, 0.1) is 11.3 Å². The van der Waals surface area contributed by atoms with Crippen LogP contribution in [0.15, 0.2) is 22.0 Å². The Labute approximate surface area is 62.7 Å². The Morgan fingerprint density at radius 3 is 2.80 bits per heavy atom. The molecule has 0 aliphatic heterocycles. The molecule has 50 valence electrons. The third-order valence-corrected chi connectivity index (χ3v) is 1.37. The zero-order chi connectivity index (χ0) is 7.56. The number of nitriles is 1. The van der Waals surface area contributed by atoms with Gasteiger partial charge in [-0.3, -0.25) is 4.79 Å². The summed E-state index contributed by atoms with van der Waals surface area (Å²) in [5, 5.41) is 8.70. The predicted octanol–water partition coefficient (Wildman–Crippen LogP) is 0.535. The second-order valence-electron chi connectivity index (χ2n) is 1.70. The SMILES string of the molecule is N#Cc1ccc(=O)[nH]c1S. The molecule has 10 heavy (non-hydrogen) atoms. The second-order valence-corrected chi connectivity index (χ2v) is 2.14. The maximum absolute atomic E-state index is 10.5. The lowest BCUT2D eigenvalue weighted by Gasteiger charge is -1.90. The summed E-state index contributed by atoms with van der Waals surface area (Å²) >= 11 is 3.87. The first kappa shape index (κ1) is 6.90. The van der Waals surface area contributed by atoms with Crippen molar-refractivity contribution in [1.29, 1.82) is 5.26 Å². The van der Waals surface area contributed by atoms with Gasteiger partial charge in [0, 0.05) is 6.07 Å². The van der Waals surface area contributed by atoms with Crippen molar-refractivity contribution in [2.24, 2.45) is 0 Å². The van der Waals surface area contributed by atoms with Gasteiger partial charge in [-0.2, -0.15) is 5.26 Å². The quantitative estimate of drug-likeness (QED) is 0.533. The molecule has 1 aromatic heterocycles. The lowest BCUT2D eigenvalue weighted by Crippen LogP contribution is -2.04. The maximum Gasteiger partial charge on any atom is 0.248 e. The Morgan fingerprint density at radius 1 is 1.60 bits per heavy atom. The summed E-state index contributed by atoms with van der Waals surface area (Å²) in [4.78, 5) is 12.9. The van der Waals surface area contributed by atoms with Crippen molar-refractivity contribution >= 4 is 12.6 Å². The summed E-state index contributed by atoms with van der Waals surface area (Å²) in [5.41, 5.74) is 0.131. The monoisotopic (exact) mass is 152 g/mol. The number of H-pyrrole nitrogens is 1. The van der Waals surface area contributed by atoms with Crippen LogP contribution >= 0.6 is 12.6 Å². The third kappa shape index (κ3) is 1.20. The van der Waals surface area contributed by atoms with Gasteiger partial charge in [-0.15, -0.1) is 12.6 Å². The number of aromatic amines is 1. The van der Waals surface area contributed by atoms with Gasteiger partial charge in [0.2, 0.25) is 5.56 Å². The van der Waals surface area contributed by atoms with E-state index in [0.717, 1.165) is 0 Å². The molecule has 3 nitrogen and oxygen atoms in total. The van der Waals surface area contributed by atoms with Gasteiger partial charge in [-0.25, -0.2) is 0 Å². The van der Waals surface area contributed by atoms with E-state index < -0.39 is 0 Å². The molecule has 1 aromatic rings. The van der Waals surface area contributed by atoms with E-state index >= 15 is 0 Å². The van der Waals surface area contributed by atoms with Crippen molar-refractivity contribution in [3.8, 4) is 6.07 Å². The number of aromatic nitrogens is 1. The molecule has 0 fully saturated rings. The van der Waals surface area contributed by atoms with Gasteiger partial charge in [0.15, 0.2) is 0 Å². The van der Waals surface area contributed by atoms with Crippen LogP contribution < -0.4 is 5.56 Å². The average molecular weight is 152 g/mol. The molecule has 0 spiro atoms. The fraction of sp³-hybridized carbons (Fsp3) is 0. The second kappa shape index (κ2) is 2.58. The van der Waals surface area contributed by atoms with Crippen LogP contribution in [0.2, 0.25) is 0 Å². The molecular formula is C6H4N2OS. The molecule has 0 unspecified atom stereocenters. The Hall–Kier alpha value is -1.21. The molecule has 1 N–H and O–H groups in total. The molecule has 0 aliphatic carbocycles. The summed E-state index contributed by atoms with van der Waals surface area (Å²) in [5.74, 6) is 0. The molecule has 1 heterocycles. The highest BCUT2D eigenvalue weighted by Gasteiger charge is 1.95. The van der Waals surface area contributed by atoms with Crippen molar-refractivity contribution in [2.45, 2.75) is 5.03 Å². The number of hydrogen-bond acceptors (Lipinski definition) is 3. The number of pyridine rings is 1. The summed E-state index contributed by atoms with van der Waals surface area (Å²) in [6.07, 6.45) is 0. The van der Waals surface area contributed by atoms with E-state index in [4.69, 9.17) is 5.26 Å². The molecule has 0 saturated heterocycles. The van der Waals surface area contributed by atoms with Crippen molar-refractivity contribution in [3.63, 3.8) is 0 Å². The lowest BCUT2D eigenvalue weighted by atomic mass is 10.3. The topological polar surface area (TPSA) is 56.6 Å². The Balaban J connectivity index is 3.37. The highest BCUT2D eigenvalue weighted by atomic mass is 32.1. The van der Waals surface area contributed by atoms with Crippen LogP contribution in [-0.2, 0) is 0 Å². The van der Waals surface area contributed by atoms with Crippen LogP contribution in [0.25, 0.3) is 0 Å². The number of nitrogens with zero attached hydrogens (tertiary/aromatic N) is 1. The highest BCUT2D eigenvalue weighted by molar-refractivity contribution is 7.80. The van der Waals surface area contributed by atoms with Gasteiger partial charge in [0.1, 0.15) is 6.07 Å². The van der Waals surface area contributed by atoms with E-state index in [9.17, 15) is 4.79 Å². The molecule has 0 atom stereocenters. The van der Waals surface area contributed by atoms with Gasteiger partial charge < -0.3 is 4.98 Å². The number of hydrogen-bond donors (Lipinski definition) is 2. The van der Waals surface area contributed by atoms with Crippen LogP contribution in [0.3, 0.4) is 0 Å². The molecule has 0 aliphatic rings. The van der Waals surface area contributed by atoms with Gasteiger partial charge in [-0.05, 0) is 6.07 Å². The van der Waals surface area contributed by atoms with Crippen LogP contribution in [0.1, 0.15) is 5.56 Å². The van der Waals surface area contributed by atoms with Crippen LogP contribution in [-0.4, -0.2) is 4.98 Å². The van der Waals surface area contributed by atoms with Gasteiger partial charge in [0.25, 0.3) is 0 Å². The van der Waals surface area contributed by atoms with E-state index in [1.165, 1.54) is 12.1 Å². The van der Waals surface area contributed by atoms with Gasteiger partial charge in [-0.1, -0.05) is 0 Å². The predicted molar refractivity (Wildman–Crippen MR) is 39.0 cm³/mol. The zero-order valence-corrected chi connectivity index (χ0v) is 5.85. The maximum atomic E-state index is 10.5. The Bertz CT molecular complexity index is 336. The third-order valence-electron chi connectivity index (χ3n) is 1.02. The number of rotatable bonds is 0. The molecule has 0 amide bonds. The zero-order valence-electron chi connectivity index (χ0n) is 4.96. The molecule has 4 heteroatoms. The van der Waals surface area contributed by atoms with Gasteiger partial charge >= 0.3 is 0 Å². The molecule has 0 bridgehead atoms. The van der Waals surface area contributed by atoms with Gasteiger partial charge in [0.05, 0.1) is 10.6 Å². The fourth-order valence-corrected chi connectivity index (χ4v) is 0.789.